The van der Waals surface area contributed by atoms with Gasteiger partial charge in [-0.1, -0.05) is 30.3 Å². The Bertz CT molecular complexity index is 1250. The number of rotatable bonds is 6. The zero-order valence-corrected chi connectivity index (χ0v) is 21.2. The van der Waals surface area contributed by atoms with Crippen molar-refractivity contribution in [3.63, 3.8) is 0 Å². The summed E-state index contributed by atoms with van der Waals surface area (Å²) in [6.45, 7) is 9.71. The van der Waals surface area contributed by atoms with E-state index in [2.05, 4.69) is 26.1 Å². The summed E-state index contributed by atoms with van der Waals surface area (Å²) < 4.78 is 1.93. The molecule has 2 fully saturated rings. The molecule has 0 radical (unpaired) electrons. The Morgan fingerprint density at radius 3 is 2.43 bits per heavy atom. The molecule has 35 heavy (non-hydrogen) atoms. The van der Waals surface area contributed by atoms with Gasteiger partial charge in [0.15, 0.2) is 5.65 Å². The van der Waals surface area contributed by atoms with Gasteiger partial charge in [-0.15, -0.1) is 0 Å². The van der Waals surface area contributed by atoms with Gasteiger partial charge in [-0.2, -0.15) is 5.10 Å². The maximum atomic E-state index is 13.8. The Balaban J connectivity index is 1.53. The summed E-state index contributed by atoms with van der Waals surface area (Å²) in [4.78, 5) is 34.1. The highest BCUT2D eigenvalue weighted by Crippen LogP contribution is 2.41. The van der Waals surface area contributed by atoms with Gasteiger partial charge in [0.1, 0.15) is 6.04 Å². The first-order valence-corrected chi connectivity index (χ1v) is 12.8. The number of aryl methyl sites for hydroxylation is 1. The van der Waals surface area contributed by atoms with Crippen molar-refractivity contribution >= 4 is 22.8 Å². The van der Waals surface area contributed by atoms with Crippen LogP contribution < -0.4 is 5.32 Å². The molecule has 1 N–H and O–H groups in total. The van der Waals surface area contributed by atoms with Crippen LogP contribution in [0.15, 0.2) is 36.4 Å². The van der Waals surface area contributed by atoms with Gasteiger partial charge in [-0.3, -0.25) is 9.59 Å². The van der Waals surface area contributed by atoms with Crippen LogP contribution >= 0.6 is 0 Å². The highest BCUT2D eigenvalue weighted by Gasteiger charge is 2.33. The number of fused-ring (bicyclic) bond motifs is 1. The Labute approximate surface area is 206 Å². The third-order valence-electron chi connectivity index (χ3n) is 7.01. The molecule has 7 heteroatoms. The second-order valence-corrected chi connectivity index (χ2v) is 11.0. The molecule has 2 amide bonds. The van der Waals surface area contributed by atoms with Gasteiger partial charge in [-0.05, 0) is 65.0 Å². The van der Waals surface area contributed by atoms with Crippen molar-refractivity contribution < 1.29 is 9.59 Å². The summed E-state index contributed by atoms with van der Waals surface area (Å²) >= 11 is 0. The number of amides is 2. The molecule has 1 atom stereocenters. The number of pyridine rings is 1. The predicted molar refractivity (Wildman–Crippen MR) is 136 cm³/mol. The summed E-state index contributed by atoms with van der Waals surface area (Å²) in [5, 5.41) is 8.66. The number of hydrogen-bond donors (Lipinski definition) is 1. The molecule has 2 aliphatic rings. The van der Waals surface area contributed by atoms with Crippen molar-refractivity contribution in [3.05, 3.63) is 58.9 Å². The fraction of sp³-hybridized carbons (Fsp3) is 0.500. The number of aromatic nitrogens is 3. The van der Waals surface area contributed by atoms with Gasteiger partial charge in [-0.25, -0.2) is 9.67 Å². The lowest BCUT2D eigenvalue weighted by Crippen LogP contribution is -2.49. The third-order valence-corrected chi connectivity index (χ3v) is 7.01. The molecule has 1 aliphatic heterocycles. The zero-order chi connectivity index (χ0) is 24.7. The van der Waals surface area contributed by atoms with Crippen molar-refractivity contribution in [1.29, 1.82) is 0 Å². The lowest BCUT2D eigenvalue weighted by Gasteiger charge is -2.24. The van der Waals surface area contributed by atoms with E-state index in [1.54, 1.807) is 0 Å². The Morgan fingerprint density at radius 2 is 1.80 bits per heavy atom. The van der Waals surface area contributed by atoms with Crippen LogP contribution in [0.3, 0.4) is 0 Å². The number of hydrogen-bond acceptors (Lipinski definition) is 4. The van der Waals surface area contributed by atoms with Crippen molar-refractivity contribution in [2.24, 2.45) is 0 Å². The lowest BCUT2D eigenvalue weighted by atomic mass is 10.0. The summed E-state index contributed by atoms with van der Waals surface area (Å²) in [6, 6.07) is 11.2. The molecular weight excluding hydrogens is 438 g/mol. The van der Waals surface area contributed by atoms with Gasteiger partial charge < -0.3 is 10.2 Å². The van der Waals surface area contributed by atoms with Gasteiger partial charge >= 0.3 is 0 Å². The fourth-order valence-electron chi connectivity index (χ4n) is 4.99. The Kier molecular flexibility index (Phi) is 6.11. The third kappa shape index (κ3) is 4.81. The van der Waals surface area contributed by atoms with Crippen molar-refractivity contribution in [1.82, 2.24) is 25.0 Å². The molecule has 3 heterocycles. The average Bonchev–Trinajstić information content (AvgIpc) is 3.42. The molecule has 1 unspecified atom stereocenters. The molecule has 184 valence electrons. The summed E-state index contributed by atoms with van der Waals surface area (Å²) in [6.07, 6.45) is 4.67. The number of likely N-dealkylation sites (tertiary alicyclic amines) is 1. The largest absolute Gasteiger partial charge is 0.341 e. The molecule has 3 aromatic rings. The van der Waals surface area contributed by atoms with E-state index in [0.29, 0.717) is 17.9 Å². The van der Waals surface area contributed by atoms with E-state index in [9.17, 15) is 9.59 Å². The first-order valence-electron chi connectivity index (χ1n) is 12.8. The maximum Gasteiger partial charge on any atom is 0.252 e. The summed E-state index contributed by atoms with van der Waals surface area (Å²) in [5.74, 6) is 0.153. The molecule has 7 nitrogen and oxygen atoms in total. The summed E-state index contributed by atoms with van der Waals surface area (Å²) in [7, 11) is 0. The van der Waals surface area contributed by atoms with Crippen LogP contribution in [0, 0.1) is 6.92 Å². The molecule has 1 aliphatic carbocycles. The molecule has 1 saturated heterocycles. The molecule has 1 aromatic carbocycles. The fourth-order valence-corrected chi connectivity index (χ4v) is 4.99. The molecule has 1 saturated carbocycles. The SMILES string of the molecule is Cc1nn(C(C)(C)C)c2nc(C3CC3)cc(C(=O)NC(Cc3ccccc3)C(=O)N3CCCC3)c12. The minimum absolute atomic E-state index is 0.00507. The van der Waals surface area contributed by atoms with Crippen molar-refractivity contribution in [3.8, 4) is 0 Å². The molecule has 2 aromatic heterocycles. The van der Waals surface area contributed by atoms with Crippen LogP contribution in [-0.4, -0.2) is 50.6 Å². The van der Waals surface area contributed by atoms with Crippen LogP contribution in [-0.2, 0) is 16.8 Å². The van der Waals surface area contributed by atoms with Crippen molar-refractivity contribution in [2.45, 2.75) is 77.3 Å². The molecular formula is C28H35N5O2. The van der Waals surface area contributed by atoms with Crippen LogP contribution in [0.1, 0.15) is 79.7 Å². The molecule has 5 rings (SSSR count). The smallest absolute Gasteiger partial charge is 0.252 e. The number of nitrogens with zero attached hydrogens (tertiary/aromatic N) is 4. The van der Waals surface area contributed by atoms with Crippen LogP contribution in [0.4, 0.5) is 0 Å². The number of carbonyl (C=O) groups is 2. The van der Waals surface area contributed by atoms with E-state index < -0.39 is 6.04 Å². The first-order chi connectivity index (χ1) is 16.7. The number of nitrogens with one attached hydrogen (secondary N) is 1. The van der Waals surface area contributed by atoms with E-state index in [1.165, 1.54) is 0 Å². The predicted octanol–water partition coefficient (Wildman–Crippen LogP) is 4.34. The lowest BCUT2D eigenvalue weighted by molar-refractivity contribution is -0.132. The van der Waals surface area contributed by atoms with Gasteiger partial charge in [0.2, 0.25) is 5.91 Å². The minimum atomic E-state index is -0.617. The average molecular weight is 474 g/mol. The van der Waals surface area contributed by atoms with E-state index >= 15 is 0 Å². The Morgan fingerprint density at radius 1 is 1.11 bits per heavy atom. The van der Waals surface area contributed by atoms with Gasteiger partial charge in [0.25, 0.3) is 5.91 Å². The number of benzene rings is 1. The second-order valence-electron chi connectivity index (χ2n) is 11.0. The van der Waals surface area contributed by atoms with E-state index in [1.807, 2.05) is 52.9 Å². The molecule has 0 spiro atoms. The van der Waals surface area contributed by atoms with Gasteiger partial charge in [0.05, 0.1) is 22.2 Å². The molecule has 0 bridgehead atoms. The highest BCUT2D eigenvalue weighted by molar-refractivity contribution is 6.08. The van der Waals surface area contributed by atoms with Crippen LogP contribution in [0.2, 0.25) is 0 Å². The highest BCUT2D eigenvalue weighted by atomic mass is 16.2. The number of carbonyl (C=O) groups excluding carboxylic acids is 2. The maximum absolute atomic E-state index is 13.8. The van der Waals surface area contributed by atoms with Crippen molar-refractivity contribution in [2.75, 3.05) is 13.1 Å². The van der Waals surface area contributed by atoms with E-state index in [0.717, 1.165) is 66.8 Å². The second kappa shape index (κ2) is 9.10. The topological polar surface area (TPSA) is 80.1 Å². The zero-order valence-electron chi connectivity index (χ0n) is 21.2. The standard InChI is InChI=1S/C28H35N5O2/c1-18-24-21(17-22(20-12-13-20)29-25(24)33(31-18)28(2,3)4)26(34)30-23(16-19-10-6-5-7-11-19)27(35)32-14-8-9-15-32/h5-7,10-11,17,20,23H,8-9,12-16H2,1-4H3,(H,30,34). The van der Waals surface area contributed by atoms with Gasteiger partial charge in [0, 0.05) is 31.1 Å². The Hall–Kier alpha value is -3.22. The summed E-state index contributed by atoms with van der Waals surface area (Å²) in [5.41, 5.74) is 3.79. The van der Waals surface area contributed by atoms with Crippen LogP contribution in [0.5, 0.6) is 0 Å². The van der Waals surface area contributed by atoms with E-state index in [4.69, 9.17) is 10.1 Å². The minimum Gasteiger partial charge on any atom is -0.341 e. The monoisotopic (exact) mass is 473 g/mol. The quantitative estimate of drug-likeness (QED) is 0.578. The van der Waals surface area contributed by atoms with Crippen LogP contribution in [0.25, 0.3) is 11.0 Å². The normalized spacial score (nSPS) is 17.1. The first kappa shape index (κ1) is 23.5. The van der Waals surface area contributed by atoms with E-state index in [-0.39, 0.29) is 17.4 Å².